The average molecular weight is 395 g/mol. The van der Waals surface area contributed by atoms with Crippen LogP contribution >= 0.6 is 34.8 Å². The number of halogens is 3. The van der Waals surface area contributed by atoms with Gasteiger partial charge < -0.3 is 4.74 Å². The lowest BCUT2D eigenvalue weighted by molar-refractivity contribution is 0.0473. The van der Waals surface area contributed by atoms with E-state index in [-0.39, 0.29) is 22.1 Å². The average Bonchev–Trinajstić information content (AvgIpc) is 2.45. The van der Waals surface area contributed by atoms with Gasteiger partial charge in [0, 0.05) is 15.6 Å². The molecule has 2 N–H and O–H groups in total. The third-order valence-electron chi connectivity index (χ3n) is 2.90. The Hall–Kier alpha value is -1.31. The summed E-state index contributed by atoms with van der Waals surface area (Å²) in [6, 6.07) is 8.35. The van der Waals surface area contributed by atoms with E-state index in [0.29, 0.717) is 15.6 Å². The van der Waals surface area contributed by atoms with Crippen LogP contribution in [0.3, 0.4) is 0 Å². The van der Waals surface area contributed by atoms with Gasteiger partial charge in [0.15, 0.2) is 0 Å². The fourth-order valence-corrected chi connectivity index (χ4v) is 2.96. The summed E-state index contributed by atoms with van der Waals surface area (Å²) in [4.78, 5) is 11.9. The van der Waals surface area contributed by atoms with E-state index in [4.69, 9.17) is 44.7 Å². The molecule has 0 bridgehead atoms. The van der Waals surface area contributed by atoms with Gasteiger partial charge in [0.25, 0.3) is 0 Å². The first-order chi connectivity index (χ1) is 10.7. The molecule has 0 spiro atoms. The molecule has 0 saturated heterocycles. The number of primary sulfonamides is 1. The minimum absolute atomic E-state index is 0.0349. The van der Waals surface area contributed by atoms with Crippen LogP contribution in [0.1, 0.15) is 15.9 Å². The van der Waals surface area contributed by atoms with E-state index in [1.165, 1.54) is 12.1 Å². The number of rotatable bonds is 4. The molecule has 2 aromatic carbocycles. The first-order valence-corrected chi connectivity index (χ1v) is 8.80. The molecule has 0 atom stereocenters. The quantitative estimate of drug-likeness (QED) is 0.802. The second-order valence-electron chi connectivity index (χ2n) is 4.46. The fourth-order valence-electron chi connectivity index (χ4n) is 1.72. The summed E-state index contributed by atoms with van der Waals surface area (Å²) in [6.45, 7) is -0.187. The van der Waals surface area contributed by atoms with Crippen LogP contribution in [-0.4, -0.2) is 14.4 Å². The van der Waals surface area contributed by atoms with E-state index in [1.807, 2.05) is 0 Å². The maximum absolute atomic E-state index is 12.1. The summed E-state index contributed by atoms with van der Waals surface area (Å²) < 4.78 is 27.8. The molecule has 0 aromatic heterocycles. The van der Waals surface area contributed by atoms with E-state index in [0.717, 1.165) is 6.07 Å². The highest BCUT2D eigenvalue weighted by molar-refractivity contribution is 7.89. The van der Waals surface area contributed by atoms with E-state index in [1.54, 1.807) is 18.2 Å². The molecule has 0 amide bonds. The summed E-state index contributed by atoms with van der Waals surface area (Å²) in [6.07, 6.45) is 0. The Balaban J connectivity index is 2.25. The van der Waals surface area contributed by atoms with Gasteiger partial charge in [0.1, 0.15) is 6.61 Å². The topological polar surface area (TPSA) is 86.5 Å². The van der Waals surface area contributed by atoms with Gasteiger partial charge in [-0.05, 0) is 30.3 Å². The molecule has 23 heavy (non-hydrogen) atoms. The van der Waals surface area contributed by atoms with Gasteiger partial charge in [-0.3, -0.25) is 0 Å². The van der Waals surface area contributed by atoms with Crippen molar-refractivity contribution in [3.63, 3.8) is 0 Å². The maximum Gasteiger partial charge on any atom is 0.340 e. The van der Waals surface area contributed by atoms with Crippen LogP contribution in [0.25, 0.3) is 0 Å². The predicted octanol–water partition coefficient (Wildman–Crippen LogP) is 3.65. The summed E-state index contributed by atoms with van der Waals surface area (Å²) >= 11 is 17.9. The van der Waals surface area contributed by atoms with Gasteiger partial charge in [-0.15, -0.1) is 0 Å². The van der Waals surface area contributed by atoms with Gasteiger partial charge in [-0.2, -0.15) is 0 Å². The zero-order valence-corrected chi connectivity index (χ0v) is 14.5. The molecule has 9 heteroatoms. The molecule has 2 rings (SSSR count). The van der Waals surface area contributed by atoms with Crippen molar-refractivity contribution < 1.29 is 17.9 Å². The third-order valence-corrected chi connectivity index (χ3v) is 4.84. The van der Waals surface area contributed by atoms with Crippen molar-refractivity contribution in [3.05, 3.63) is 62.6 Å². The molecular weight excluding hydrogens is 385 g/mol. The zero-order chi connectivity index (χ0) is 17.2. The largest absolute Gasteiger partial charge is 0.457 e. The van der Waals surface area contributed by atoms with Crippen LogP contribution in [0.15, 0.2) is 41.3 Å². The van der Waals surface area contributed by atoms with E-state index >= 15 is 0 Å². The standard InChI is InChI=1S/C14H10Cl3NO4S/c15-11-2-1-3-12(16)10(11)7-22-14(19)9-6-8(23(18,20)21)4-5-13(9)17/h1-6H,7H2,(H2,18,20,21). The molecule has 5 nitrogen and oxygen atoms in total. The van der Waals surface area contributed by atoms with Crippen molar-refractivity contribution in [1.82, 2.24) is 0 Å². The Labute approximate surface area is 148 Å². The highest BCUT2D eigenvalue weighted by atomic mass is 35.5. The zero-order valence-electron chi connectivity index (χ0n) is 11.4. The number of hydrogen-bond donors (Lipinski definition) is 1. The number of esters is 1. The molecule has 0 fully saturated rings. The molecule has 0 radical (unpaired) electrons. The second kappa shape index (κ2) is 7.07. The number of ether oxygens (including phenoxy) is 1. The highest BCUT2D eigenvalue weighted by Gasteiger charge is 2.18. The minimum Gasteiger partial charge on any atom is -0.457 e. The first-order valence-electron chi connectivity index (χ1n) is 6.12. The first kappa shape index (κ1) is 18.0. The van der Waals surface area contributed by atoms with Crippen LogP contribution in [0.2, 0.25) is 15.1 Å². The molecule has 122 valence electrons. The van der Waals surface area contributed by atoms with Crippen LogP contribution < -0.4 is 5.14 Å². The van der Waals surface area contributed by atoms with Crippen LogP contribution in [0.5, 0.6) is 0 Å². The number of carbonyl (C=O) groups excluding carboxylic acids is 1. The molecule has 0 unspecified atom stereocenters. The highest BCUT2D eigenvalue weighted by Crippen LogP contribution is 2.26. The second-order valence-corrected chi connectivity index (χ2v) is 7.25. The van der Waals surface area contributed by atoms with Crippen LogP contribution in [-0.2, 0) is 21.4 Å². The van der Waals surface area contributed by atoms with Gasteiger partial charge in [-0.1, -0.05) is 40.9 Å². The number of sulfonamides is 1. The molecule has 0 saturated carbocycles. The molecule has 0 heterocycles. The monoisotopic (exact) mass is 393 g/mol. The van der Waals surface area contributed by atoms with Crippen molar-refractivity contribution in [2.45, 2.75) is 11.5 Å². The fraction of sp³-hybridized carbons (Fsp3) is 0.0714. The summed E-state index contributed by atoms with van der Waals surface area (Å²) in [5, 5.41) is 5.74. The number of benzene rings is 2. The molecule has 0 aliphatic carbocycles. The van der Waals surface area contributed by atoms with Crippen LogP contribution in [0.4, 0.5) is 0 Å². The smallest absolute Gasteiger partial charge is 0.340 e. The van der Waals surface area contributed by atoms with Gasteiger partial charge in [0.05, 0.1) is 15.5 Å². The van der Waals surface area contributed by atoms with Crippen molar-refractivity contribution in [1.29, 1.82) is 0 Å². The lowest BCUT2D eigenvalue weighted by atomic mass is 10.2. The summed E-state index contributed by atoms with van der Waals surface area (Å²) in [5.74, 6) is -0.823. The van der Waals surface area contributed by atoms with E-state index in [9.17, 15) is 13.2 Å². The third kappa shape index (κ3) is 4.37. The lowest BCUT2D eigenvalue weighted by Gasteiger charge is -2.10. The Morgan fingerprint density at radius 1 is 1.04 bits per heavy atom. The van der Waals surface area contributed by atoms with Gasteiger partial charge in [0.2, 0.25) is 10.0 Å². The SMILES string of the molecule is NS(=O)(=O)c1ccc(Cl)c(C(=O)OCc2c(Cl)cccc2Cl)c1. The predicted molar refractivity (Wildman–Crippen MR) is 88.4 cm³/mol. The Kier molecular flexibility index (Phi) is 5.54. The summed E-state index contributed by atoms with van der Waals surface area (Å²) in [5.41, 5.74) is 0.310. The lowest BCUT2D eigenvalue weighted by Crippen LogP contribution is -2.14. The normalized spacial score (nSPS) is 11.3. The van der Waals surface area contributed by atoms with Gasteiger partial charge in [-0.25, -0.2) is 18.4 Å². The van der Waals surface area contributed by atoms with Crippen molar-refractivity contribution in [2.24, 2.45) is 5.14 Å². The van der Waals surface area contributed by atoms with E-state index in [2.05, 4.69) is 0 Å². The van der Waals surface area contributed by atoms with Crippen LogP contribution in [0, 0.1) is 0 Å². The molecule has 2 aromatic rings. The van der Waals surface area contributed by atoms with Crippen molar-refractivity contribution in [3.8, 4) is 0 Å². The van der Waals surface area contributed by atoms with Gasteiger partial charge >= 0.3 is 5.97 Å². The molecule has 0 aliphatic rings. The molecular formula is C14H10Cl3NO4S. The molecule has 0 aliphatic heterocycles. The Bertz CT molecular complexity index is 848. The van der Waals surface area contributed by atoms with E-state index < -0.39 is 16.0 Å². The number of nitrogens with two attached hydrogens (primary N) is 1. The van der Waals surface area contributed by atoms with Crippen molar-refractivity contribution >= 4 is 50.8 Å². The Morgan fingerprint density at radius 2 is 1.65 bits per heavy atom. The summed E-state index contributed by atoms with van der Waals surface area (Å²) in [7, 11) is -3.96. The maximum atomic E-state index is 12.1. The number of carbonyl (C=O) groups is 1. The van der Waals surface area contributed by atoms with Crippen molar-refractivity contribution in [2.75, 3.05) is 0 Å². The Morgan fingerprint density at radius 3 is 2.22 bits per heavy atom. The minimum atomic E-state index is -3.96. The number of hydrogen-bond acceptors (Lipinski definition) is 4.